The second-order valence-electron chi connectivity index (χ2n) is 7.20. The van der Waals surface area contributed by atoms with Crippen molar-refractivity contribution in [3.8, 4) is 22.3 Å². The third-order valence-corrected chi connectivity index (χ3v) is 5.23. The number of H-pyrrole nitrogens is 1. The summed E-state index contributed by atoms with van der Waals surface area (Å²) in [6.45, 7) is 1.66. The number of fused-ring (bicyclic) bond motifs is 1. The van der Waals surface area contributed by atoms with Crippen LogP contribution < -0.4 is 5.56 Å². The van der Waals surface area contributed by atoms with Gasteiger partial charge in [-0.3, -0.25) is 4.79 Å². The van der Waals surface area contributed by atoms with Gasteiger partial charge >= 0.3 is 11.9 Å². The Morgan fingerprint density at radius 3 is 1.72 bits per heavy atom. The number of nitrogens with zero attached hydrogens (tertiary/aromatic N) is 1. The number of rotatable bonds is 4. The van der Waals surface area contributed by atoms with Gasteiger partial charge in [0.25, 0.3) is 5.56 Å². The van der Waals surface area contributed by atoms with E-state index in [0.29, 0.717) is 27.9 Å². The quantitative estimate of drug-likeness (QED) is 0.491. The van der Waals surface area contributed by atoms with E-state index in [1.165, 1.54) is 14.2 Å². The van der Waals surface area contributed by atoms with Crippen molar-refractivity contribution in [2.24, 2.45) is 0 Å². The van der Waals surface area contributed by atoms with E-state index in [-0.39, 0.29) is 5.56 Å². The molecule has 0 amide bonds. The molecule has 32 heavy (non-hydrogen) atoms. The SMILES string of the molecule is COC(=O)c1ccc(-c2cc3nc(C)c(=O)[nH]c3cc2-c2ccc(C(=O)OC)cc2)cc1. The molecule has 0 unspecified atom stereocenters. The van der Waals surface area contributed by atoms with Crippen LogP contribution >= 0.6 is 0 Å². The lowest BCUT2D eigenvalue weighted by Gasteiger charge is -2.13. The molecule has 0 aliphatic heterocycles. The standard InChI is InChI=1S/C25H20N2O5/c1-14-23(28)27-22-13-20(16-6-10-18(11-7-16)25(30)32-3)19(12-21(22)26-14)15-4-8-17(9-5-15)24(29)31-2/h4-13H,1-3H3,(H,27,28). The first kappa shape index (κ1) is 21.0. The zero-order valence-electron chi connectivity index (χ0n) is 17.8. The molecule has 4 aromatic rings. The first-order valence-electron chi connectivity index (χ1n) is 9.83. The van der Waals surface area contributed by atoms with Crippen molar-refractivity contribution in [1.29, 1.82) is 0 Å². The second-order valence-corrected chi connectivity index (χ2v) is 7.20. The summed E-state index contributed by atoms with van der Waals surface area (Å²) in [5.41, 5.74) is 5.64. The highest BCUT2D eigenvalue weighted by Crippen LogP contribution is 2.35. The average Bonchev–Trinajstić information content (AvgIpc) is 2.83. The van der Waals surface area contributed by atoms with Gasteiger partial charge in [0.1, 0.15) is 5.69 Å². The highest BCUT2D eigenvalue weighted by molar-refractivity contribution is 5.96. The Kier molecular flexibility index (Phi) is 5.55. The Morgan fingerprint density at radius 2 is 1.25 bits per heavy atom. The number of carbonyl (C=O) groups is 2. The number of hydrogen-bond acceptors (Lipinski definition) is 6. The van der Waals surface area contributed by atoms with Gasteiger partial charge in [-0.1, -0.05) is 24.3 Å². The lowest BCUT2D eigenvalue weighted by molar-refractivity contribution is 0.0592. The van der Waals surface area contributed by atoms with E-state index in [1.54, 1.807) is 31.2 Å². The monoisotopic (exact) mass is 428 g/mol. The van der Waals surface area contributed by atoms with Gasteiger partial charge in [0.15, 0.2) is 0 Å². The predicted octanol–water partition coefficient (Wildman–Crippen LogP) is 4.14. The van der Waals surface area contributed by atoms with Gasteiger partial charge in [-0.05, 0) is 65.6 Å². The van der Waals surface area contributed by atoms with Crippen LogP contribution in [0.3, 0.4) is 0 Å². The minimum Gasteiger partial charge on any atom is -0.465 e. The van der Waals surface area contributed by atoms with Crippen molar-refractivity contribution in [3.63, 3.8) is 0 Å². The van der Waals surface area contributed by atoms with Crippen molar-refractivity contribution >= 4 is 23.0 Å². The molecule has 1 aromatic heterocycles. The van der Waals surface area contributed by atoms with Crippen LogP contribution in [0.25, 0.3) is 33.3 Å². The van der Waals surface area contributed by atoms with Gasteiger partial charge in [0, 0.05) is 0 Å². The molecular weight excluding hydrogens is 408 g/mol. The number of hydrogen-bond donors (Lipinski definition) is 1. The number of methoxy groups -OCH3 is 2. The summed E-state index contributed by atoms with van der Waals surface area (Å²) in [5, 5.41) is 0. The number of esters is 2. The number of nitrogens with one attached hydrogen (secondary N) is 1. The van der Waals surface area contributed by atoms with Crippen molar-refractivity contribution in [2.45, 2.75) is 6.92 Å². The Balaban J connectivity index is 1.91. The summed E-state index contributed by atoms with van der Waals surface area (Å²) in [7, 11) is 2.67. The van der Waals surface area contributed by atoms with Gasteiger partial charge in [-0.25, -0.2) is 14.6 Å². The molecule has 0 saturated heterocycles. The van der Waals surface area contributed by atoms with Crippen LogP contribution in [0, 0.1) is 6.92 Å². The second kappa shape index (κ2) is 8.47. The number of aryl methyl sites for hydroxylation is 1. The van der Waals surface area contributed by atoms with Crippen LogP contribution in [0.5, 0.6) is 0 Å². The van der Waals surface area contributed by atoms with Crippen molar-refractivity contribution < 1.29 is 19.1 Å². The van der Waals surface area contributed by atoms with Crippen LogP contribution in [-0.4, -0.2) is 36.1 Å². The molecule has 1 heterocycles. The summed E-state index contributed by atoms with van der Waals surface area (Å²) in [4.78, 5) is 43.0. The van der Waals surface area contributed by atoms with E-state index in [1.807, 2.05) is 36.4 Å². The summed E-state index contributed by atoms with van der Waals surface area (Å²) < 4.78 is 9.55. The summed E-state index contributed by atoms with van der Waals surface area (Å²) in [5.74, 6) is -0.832. The molecule has 7 heteroatoms. The molecule has 0 aliphatic rings. The number of ether oxygens (including phenoxy) is 2. The van der Waals surface area contributed by atoms with Gasteiger partial charge in [-0.2, -0.15) is 0 Å². The number of aromatic amines is 1. The minimum absolute atomic E-state index is 0.250. The van der Waals surface area contributed by atoms with Gasteiger partial charge < -0.3 is 14.5 Å². The molecule has 160 valence electrons. The molecule has 0 atom stereocenters. The highest BCUT2D eigenvalue weighted by Gasteiger charge is 2.14. The third-order valence-electron chi connectivity index (χ3n) is 5.23. The normalized spacial score (nSPS) is 10.7. The molecule has 0 spiro atoms. The number of benzene rings is 3. The molecule has 0 aliphatic carbocycles. The maximum atomic E-state index is 12.1. The number of aromatic nitrogens is 2. The minimum atomic E-state index is -0.419. The summed E-state index contributed by atoms with van der Waals surface area (Å²) in [6.07, 6.45) is 0. The Bertz CT molecular complexity index is 1390. The number of carbonyl (C=O) groups excluding carboxylic acids is 2. The molecule has 1 N–H and O–H groups in total. The fourth-order valence-electron chi connectivity index (χ4n) is 3.51. The maximum absolute atomic E-state index is 12.1. The third kappa shape index (κ3) is 3.88. The van der Waals surface area contributed by atoms with Crippen molar-refractivity contribution in [1.82, 2.24) is 9.97 Å². The van der Waals surface area contributed by atoms with Crippen LogP contribution in [0.2, 0.25) is 0 Å². The maximum Gasteiger partial charge on any atom is 0.337 e. The van der Waals surface area contributed by atoms with Crippen LogP contribution in [0.4, 0.5) is 0 Å². The topological polar surface area (TPSA) is 98.4 Å². The first-order valence-corrected chi connectivity index (χ1v) is 9.83. The molecule has 3 aromatic carbocycles. The fraction of sp³-hybridized carbons (Fsp3) is 0.120. The van der Waals surface area contributed by atoms with Crippen molar-refractivity contribution in [3.05, 3.63) is 87.8 Å². The zero-order valence-corrected chi connectivity index (χ0v) is 17.8. The molecule has 0 fully saturated rings. The van der Waals surface area contributed by atoms with E-state index in [0.717, 1.165) is 22.3 Å². The van der Waals surface area contributed by atoms with Crippen LogP contribution in [-0.2, 0) is 9.47 Å². The molecule has 0 bridgehead atoms. The van der Waals surface area contributed by atoms with E-state index in [4.69, 9.17) is 9.47 Å². The molecule has 7 nitrogen and oxygen atoms in total. The van der Waals surface area contributed by atoms with Crippen LogP contribution in [0.15, 0.2) is 65.5 Å². The lowest BCUT2D eigenvalue weighted by Crippen LogP contribution is -2.11. The summed E-state index contributed by atoms with van der Waals surface area (Å²) in [6, 6.07) is 17.8. The fourth-order valence-corrected chi connectivity index (χ4v) is 3.51. The zero-order chi connectivity index (χ0) is 22.8. The first-order chi connectivity index (χ1) is 15.4. The van der Waals surface area contributed by atoms with Gasteiger partial charge in [0.05, 0.1) is 36.4 Å². The van der Waals surface area contributed by atoms with E-state index >= 15 is 0 Å². The Labute approximate surface area is 183 Å². The van der Waals surface area contributed by atoms with Gasteiger partial charge in [0.2, 0.25) is 0 Å². The average molecular weight is 428 g/mol. The largest absolute Gasteiger partial charge is 0.465 e. The molecule has 4 rings (SSSR count). The molecule has 0 radical (unpaired) electrons. The van der Waals surface area contributed by atoms with Crippen molar-refractivity contribution in [2.75, 3.05) is 14.2 Å². The molecule has 0 saturated carbocycles. The van der Waals surface area contributed by atoms with E-state index < -0.39 is 11.9 Å². The summed E-state index contributed by atoms with van der Waals surface area (Å²) >= 11 is 0. The van der Waals surface area contributed by atoms with Crippen LogP contribution in [0.1, 0.15) is 26.4 Å². The van der Waals surface area contributed by atoms with Gasteiger partial charge in [-0.15, -0.1) is 0 Å². The highest BCUT2D eigenvalue weighted by atomic mass is 16.5. The lowest BCUT2D eigenvalue weighted by atomic mass is 9.92. The smallest absolute Gasteiger partial charge is 0.337 e. The Morgan fingerprint density at radius 1 is 0.781 bits per heavy atom. The van der Waals surface area contributed by atoms with E-state index in [2.05, 4.69) is 9.97 Å². The predicted molar refractivity (Wildman–Crippen MR) is 121 cm³/mol. The molecular formula is C25H20N2O5. The Hall–Kier alpha value is -4.26. The van der Waals surface area contributed by atoms with E-state index in [9.17, 15) is 14.4 Å².